The third-order valence-electron chi connectivity index (χ3n) is 3.16. The summed E-state index contributed by atoms with van der Waals surface area (Å²) < 4.78 is 7.10. The van der Waals surface area contributed by atoms with Crippen LogP contribution in [0.25, 0.3) is 23.0 Å². The summed E-state index contributed by atoms with van der Waals surface area (Å²) in [7, 11) is 0. The zero-order valence-corrected chi connectivity index (χ0v) is 13.3. The largest absolute Gasteiger partial charge is 0.480 e. The molecule has 0 unspecified atom stereocenters. The van der Waals surface area contributed by atoms with Crippen LogP contribution >= 0.6 is 11.8 Å². The molecule has 0 amide bonds. The van der Waals surface area contributed by atoms with E-state index >= 15 is 0 Å². The molecule has 2 aromatic heterocycles. The average molecular weight is 329 g/mol. The van der Waals surface area contributed by atoms with Gasteiger partial charge in [-0.3, -0.25) is 4.79 Å². The molecule has 1 aromatic carbocycles. The molecule has 0 radical (unpaired) electrons. The van der Waals surface area contributed by atoms with E-state index in [1.165, 1.54) is 4.68 Å². The molecule has 0 bridgehead atoms. The molecule has 0 spiro atoms. The van der Waals surface area contributed by atoms with E-state index in [0.717, 1.165) is 17.1 Å². The molecule has 1 N–H and O–H groups in total. The Bertz CT molecular complexity index is 811. The van der Waals surface area contributed by atoms with Crippen LogP contribution in [0.2, 0.25) is 0 Å². The van der Waals surface area contributed by atoms with Crippen molar-refractivity contribution in [3.05, 3.63) is 48.2 Å². The molecule has 3 rings (SSSR count). The molecule has 0 aliphatic rings. The van der Waals surface area contributed by atoms with Crippen LogP contribution in [0, 0.1) is 0 Å². The predicted molar refractivity (Wildman–Crippen MR) is 88.0 cm³/mol. The molecule has 0 saturated heterocycles. The zero-order valence-electron chi connectivity index (χ0n) is 12.5. The fraction of sp³-hybridized carbons (Fsp3) is 0.188. The third-order valence-corrected chi connectivity index (χ3v) is 3.73. The molecule has 0 aliphatic heterocycles. The van der Waals surface area contributed by atoms with Crippen molar-refractivity contribution in [2.45, 2.75) is 12.3 Å². The Morgan fingerprint density at radius 2 is 2.04 bits per heavy atom. The summed E-state index contributed by atoms with van der Waals surface area (Å²) in [5.41, 5.74) is 0.828. The Morgan fingerprint density at radius 3 is 2.74 bits per heavy atom. The van der Waals surface area contributed by atoms with Crippen molar-refractivity contribution >= 4 is 17.7 Å². The number of hydrogen-bond acceptors (Lipinski definition) is 5. The van der Waals surface area contributed by atoms with Gasteiger partial charge in [0.2, 0.25) is 0 Å². The van der Waals surface area contributed by atoms with Gasteiger partial charge in [0.15, 0.2) is 17.4 Å². The lowest BCUT2D eigenvalue weighted by atomic mass is 10.2. The molecule has 0 atom stereocenters. The first-order chi connectivity index (χ1) is 11.2. The number of aromatic nitrogens is 3. The van der Waals surface area contributed by atoms with Gasteiger partial charge in [-0.1, -0.05) is 30.3 Å². The van der Waals surface area contributed by atoms with Crippen molar-refractivity contribution < 1.29 is 14.3 Å². The van der Waals surface area contributed by atoms with E-state index in [9.17, 15) is 4.79 Å². The van der Waals surface area contributed by atoms with E-state index in [-0.39, 0.29) is 6.54 Å². The highest BCUT2D eigenvalue weighted by Gasteiger charge is 2.18. The molecule has 0 saturated carbocycles. The SMILES string of the molecule is CSCc1ccc(-c2nc(-c3ccccc3)nn2CC(=O)O)o1. The van der Waals surface area contributed by atoms with Crippen LogP contribution in [0.4, 0.5) is 0 Å². The minimum atomic E-state index is -0.980. The van der Waals surface area contributed by atoms with Gasteiger partial charge in [-0.15, -0.1) is 5.10 Å². The average Bonchev–Trinajstić information content (AvgIpc) is 3.15. The molecule has 0 aliphatic carbocycles. The van der Waals surface area contributed by atoms with Crippen LogP contribution in [-0.2, 0) is 17.1 Å². The van der Waals surface area contributed by atoms with Crippen molar-refractivity contribution in [2.24, 2.45) is 0 Å². The second-order valence-corrected chi connectivity index (χ2v) is 5.74. The summed E-state index contributed by atoms with van der Waals surface area (Å²) in [5, 5.41) is 13.4. The third kappa shape index (κ3) is 3.45. The highest BCUT2D eigenvalue weighted by Crippen LogP contribution is 2.25. The first kappa shape index (κ1) is 15.4. The Hall–Kier alpha value is -2.54. The summed E-state index contributed by atoms with van der Waals surface area (Å²) in [6.45, 7) is -0.270. The second kappa shape index (κ2) is 6.70. The quantitative estimate of drug-likeness (QED) is 0.748. The number of aliphatic carboxylic acids is 1. The molecule has 118 valence electrons. The first-order valence-corrected chi connectivity index (χ1v) is 8.37. The summed E-state index contributed by atoms with van der Waals surface area (Å²) in [4.78, 5) is 15.5. The zero-order chi connectivity index (χ0) is 16.2. The van der Waals surface area contributed by atoms with E-state index in [1.807, 2.05) is 42.7 Å². The van der Waals surface area contributed by atoms with E-state index in [0.29, 0.717) is 17.4 Å². The minimum Gasteiger partial charge on any atom is -0.480 e. The highest BCUT2D eigenvalue weighted by molar-refractivity contribution is 7.97. The Morgan fingerprint density at radius 1 is 1.26 bits per heavy atom. The fourth-order valence-corrected chi connectivity index (χ4v) is 2.63. The van der Waals surface area contributed by atoms with Crippen molar-refractivity contribution in [3.63, 3.8) is 0 Å². The van der Waals surface area contributed by atoms with Gasteiger partial charge in [0.25, 0.3) is 0 Å². The smallest absolute Gasteiger partial charge is 0.325 e. The van der Waals surface area contributed by atoms with Gasteiger partial charge < -0.3 is 9.52 Å². The van der Waals surface area contributed by atoms with Crippen LogP contribution in [-0.4, -0.2) is 32.1 Å². The number of rotatable bonds is 6. The van der Waals surface area contributed by atoms with Gasteiger partial charge in [0.1, 0.15) is 12.3 Å². The number of carboxylic acid groups (broad SMARTS) is 1. The van der Waals surface area contributed by atoms with E-state index < -0.39 is 5.97 Å². The number of thioether (sulfide) groups is 1. The van der Waals surface area contributed by atoms with Crippen molar-refractivity contribution in [3.8, 4) is 23.0 Å². The topological polar surface area (TPSA) is 81.2 Å². The molecular weight excluding hydrogens is 314 g/mol. The lowest BCUT2D eigenvalue weighted by molar-refractivity contribution is -0.137. The maximum absolute atomic E-state index is 11.1. The summed E-state index contributed by atoms with van der Waals surface area (Å²) >= 11 is 1.65. The monoisotopic (exact) mass is 329 g/mol. The molecule has 3 aromatic rings. The minimum absolute atomic E-state index is 0.270. The highest BCUT2D eigenvalue weighted by atomic mass is 32.2. The normalized spacial score (nSPS) is 10.8. The van der Waals surface area contributed by atoms with Crippen LogP contribution < -0.4 is 0 Å². The van der Waals surface area contributed by atoms with Crippen LogP contribution in [0.5, 0.6) is 0 Å². The number of hydrogen-bond donors (Lipinski definition) is 1. The van der Waals surface area contributed by atoms with Gasteiger partial charge in [0.05, 0.1) is 5.75 Å². The molecular formula is C16H15N3O3S. The van der Waals surface area contributed by atoms with Crippen LogP contribution in [0.15, 0.2) is 46.9 Å². The van der Waals surface area contributed by atoms with Gasteiger partial charge in [-0.05, 0) is 18.4 Å². The number of carbonyl (C=O) groups is 1. The molecule has 7 heteroatoms. The lowest BCUT2D eigenvalue weighted by Gasteiger charge is -1.99. The van der Waals surface area contributed by atoms with Crippen LogP contribution in [0.1, 0.15) is 5.76 Å². The molecule has 0 fully saturated rings. The Kier molecular flexibility index (Phi) is 4.47. The number of furan rings is 1. The fourth-order valence-electron chi connectivity index (χ4n) is 2.19. The molecule has 6 nitrogen and oxygen atoms in total. The second-order valence-electron chi connectivity index (χ2n) is 4.88. The van der Waals surface area contributed by atoms with Gasteiger partial charge >= 0.3 is 5.97 Å². The Balaban J connectivity index is 2.02. The summed E-state index contributed by atoms with van der Waals surface area (Å²) in [5.74, 6) is 2.00. The maximum atomic E-state index is 11.1. The molecule has 23 heavy (non-hydrogen) atoms. The number of nitrogens with zero attached hydrogens (tertiary/aromatic N) is 3. The first-order valence-electron chi connectivity index (χ1n) is 6.97. The van der Waals surface area contributed by atoms with E-state index in [4.69, 9.17) is 9.52 Å². The lowest BCUT2D eigenvalue weighted by Crippen LogP contribution is -2.11. The van der Waals surface area contributed by atoms with Gasteiger partial charge in [0, 0.05) is 5.56 Å². The van der Waals surface area contributed by atoms with Gasteiger partial charge in [-0.2, -0.15) is 11.8 Å². The van der Waals surface area contributed by atoms with Crippen molar-refractivity contribution in [2.75, 3.05) is 6.26 Å². The standard InChI is InChI=1S/C16H15N3O3S/c1-23-10-12-7-8-13(22-12)16-17-15(11-5-3-2-4-6-11)18-19(16)9-14(20)21/h2-8H,9-10H2,1H3,(H,20,21). The summed E-state index contributed by atoms with van der Waals surface area (Å²) in [6.07, 6.45) is 1.99. The van der Waals surface area contributed by atoms with Gasteiger partial charge in [-0.25, -0.2) is 9.67 Å². The Labute approximate surface area is 137 Å². The maximum Gasteiger partial charge on any atom is 0.325 e. The summed E-state index contributed by atoms with van der Waals surface area (Å²) in [6, 6.07) is 13.1. The number of benzene rings is 1. The van der Waals surface area contributed by atoms with E-state index in [1.54, 1.807) is 17.8 Å². The van der Waals surface area contributed by atoms with Crippen molar-refractivity contribution in [1.29, 1.82) is 0 Å². The van der Waals surface area contributed by atoms with E-state index in [2.05, 4.69) is 10.1 Å². The molecule has 2 heterocycles. The number of carboxylic acids is 1. The van der Waals surface area contributed by atoms with Crippen LogP contribution in [0.3, 0.4) is 0 Å². The predicted octanol–water partition coefficient (Wildman–Crippen LogP) is 3.15. The van der Waals surface area contributed by atoms with Crippen molar-refractivity contribution in [1.82, 2.24) is 14.8 Å².